The zero-order valence-electron chi connectivity index (χ0n) is 22.5. The maximum Gasteiger partial charge on any atom is 0.293 e. The van der Waals surface area contributed by atoms with Crippen LogP contribution in [0.25, 0.3) is 11.2 Å². The molecule has 1 aliphatic carbocycles. The number of rotatable bonds is 11. The predicted molar refractivity (Wildman–Crippen MR) is 141 cm³/mol. The van der Waals surface area contributed by atoms with E-state index in [1.54, 1.807) is 10.9 Å². The number of nitrogens with zero attached hydrogens (tertiary/aromatic N) is 6. The molecule has 0 radical (unpaired) electrons. The summed E-state index contributed by atoms with van der Waals surface area (Å²) >= 11 is 0. The molecule has 3 aromatic rings. The van der Waals surface area contributed by atoms with Crippen molar-refractivity contribution in [1.29, 1.82) is 0 Å². The van der Waals surface area contributed by atoms with Gasteiger partial charge in [0, 0.05) is 24.5 Å². The highest BCUT2D eigenvalue weighted by molar-refractivity contribution is 5.84. The number of nitrogens with one attached hydrogen (secondary N) is 2. The molecule has 1 saturated heterocycles. The maximum absolute atomic E-state index is 11.4. The Morgan fingerprint density at radius 3 is 2.64 bits per heavy atom. The van der Waals surface area contributed by atoms with Crippen molar-refractivity contribution in [3.05, 3.63) is 18.0 Å². The number of ether oxygens (including phenoxy) is 2. The molecule has 0 unspecified atom stereocenters. The van der Waals surface area contributed by atoms with E-state index in [9.17, 15) is 9.90 Å². The highest BCUT2D eigenvalue weighted by atomic mass is 16.6. The first kappa shape index (κ1) is 27.2. The first-order chi connectivity index (χ1) is 18.9. The van der Waals surface area contributed by atoms with Crippen molar-refractivity contribution in [2.45, 2.75) is 108 Å². The van der Waals surface area contributed by atoms with Crippen LogP contribution in [0.1, 0.15) is 83.3 Å². The van der Waals surface area contributed by atoms with Crippen molar-refractivity contribution < 1.29 is 23.9 Å². The fraction of sp³-hybridized carbons (Fsp3) is 0.680. The highest BCUT2D eigenvalue weighted by Gasteiger charge is 2.50. The largest absolute Gasteiger partial charge is 0.457 e. The smallest absolute Gasteiger partial charge is 0.293 e. The van der Waals surface area contributed by atoms with Gasteiger partial charge in [-0.3, -0.25) is 9.36 Å². The van der Waals surface area contributed by atoms with E-state index < -0.39 is 24.5 Å². The fourth-order valence-electron chi connectivity index (χ4n) is 5.22. The number of carbonyl (C=O) groups excluding carboxylic acids is 1. The molecule has 0 spiro atoms. The van der Waals surface area contributed by atoms with Gasteiger partial charge in [0.2, 0.25) is 5.95 Å². The number of aliphatic hydroxyl groups excluding tert-OH is 1. The first-order valence-electron chi connectivity index (χ1n) is 13.7. The molecule has 4 atom stereocenters. The van der Waals surface area contributed by atoms with E-state index in [4.69, 9.17) is 29.7 Å². The standard InChI is InChI=1S/C25H37N9O5/c1-4-14(5-2)28-21-17-22(32-25(31-21)29-15-9-7-13(26)8-10-15)34(11-27-17)24-20(37-12-35)18(36)19(38-24)23-30-16(6-3)33-39-23/h11-15,18-20,24,36H,4-10,26H2,1-3H3,(H2,28,29,31,32)/t13?,15?,18-,19+,20-,24-/m1/s1. The van der Waals surface area contributed by atoms with Crippen molar-refractivity contribution >= 4 is 29.4 Å². The fourth-order valence-corrected chi connectivity index (χ4v) is 5.22. The predicted octanol–water partition coefficient (Wildman–Crippen LogP) is 2.23. The number of aromatic nitrogens is 6. The number of hydrogen-bond acceptors (Lipinski definition) is 13. The summed E-state index contributed by atoms with van der Waals surface area (Å²) in [6.45, 7) is 6.39. The van der Waals surface area contributed by atoms with Gasteiger partial charge in [-0.1, -0.05) is 25.9 Å². The Hall–Kier alpha value is -3.36. The highest BCUT2D eigenvalue weighted by Crippen LogP contribution is 2.41. The molecule has 5 rings (SSSR count). The lowest BCUT2D eigenvalue weighted by atomic mass is 9.92. The maximum atomic E-state index is 11.4. The molecule has 1 saturated carbocycles. The summed E-state index contributed by atoms with van der Waals surface area (Å²) in [5.41, 5.74) is 7.10. The van der Waals surface area contributed by atoms with E-state index in [2.05, 4.69) is 39.6 Å². The lowest BCUT2D eigenvalue weighted by Gasteiger charge is -2.27. The summed E-state index contributed by atoms with van der Waals surface area (Å²) < 4.78 is 18.4. The van der Waals surface area contributed by atoms with Crippen LogP contribution in [-0.4, -0.2) is 71.6 Å². The molecule has 14 heteroatoms. The SMILES string of the molecule is CCc1noc([C@H]2O[C@@H](n3cnc4c(NC(CC)CC)nc(NC5CCC(N)CC5)nc43)[C@H](OC=O)[C@@H]2O)n1. The molecule has 0 amide bonds. The van der Waals surface area contributed by atoms with Gasteiger partial charge in [-0.2, -0.15) is 15.0 Å². The zero-order chi connectivity index (χ0) is 27.5. The zero-order valence-corrected chi connectivity index (χ0v) is 22.5. The molecule has 2 fully saturated rings. The van der Waals surface area contributed by atoms with E-state index in [-0.39, 0.29) is 30.5 Å². The Bertz CT molecular complexity index is 1250. The van der Waals surface area contributed by atoms with Crippen LogP contribution in [0.4, 0.5) is 11.8 Å². The second-order valence-electron chi connectivity index (χ2n) is 10.2. The average molecular weight is 544 g/mol. The van der Waals surface area contributed by atoms with Crippen molar-refractivity contribution in [1.82, 2.24) is 29.7 Å². The van der Waals surface area contributed by atoms with Crippen LogP contribution in [-0.2, 0) is 20.7 Å². The van der Waals surface area contributed by atoms with Gasteiger partial charge < -0.3 is 35.5 Å². The Labute approximate surface area is 226 Å². The van der Waals surface area contributed by atoms with Crippen molar-refractivity contribution in [3.8, 4) is 0 Å². The molecule has 212 valence electrons. The van der Waals surface area contributed by atoms with Crippen molar-refractivity contribution in [2.75, 3.05) is 10.6 Å². The van der Waals surface area contributed by atoms with Gasteiger partial charge in [-0.15, -0.1) is 0 Å². The molecule has 0 aromatic carbocycles. The summed E-state index contributed by atoms with van der Waals surface area (Å²) in [5.74, 6) is 1.63. The van der Waals surface area contributed by atoms with Crippen LogP contribution in [0.5, 0.6) is 0 Å². The normalized spacial score (nSPS) is 27.2. The van der Waals surface area contributed by atoms with Gasteiger partial charge in [0.05, 0.1) is 6.33 Å². The molecule has 39 heavy (non-hydrogen) atoms. The van der Waals surface area contributed by atoms with Crippen LogP contribution >= 0.6 is 0 Å². The number of carbonyl (C=O) groups is 1. The topological polar surface area (TPSA) is 188 Å². The third kappa shape index (κ3) is 5.54. The minimum absolute atomic E-state index is 0.106. The van der Waals surface area contributed by atoms with Crippen LogP contribution in [0.3, 0.4) is 0 Å². The summed E-state index contributed by atoms with van der Waals surface area (Å²) in [6.07, 6.45) is 3.38. The average Bonchev–Trinajstić information content (AvgIpc) is 3.66. The molecule has 2 aliphatic rings. The van der Waals surface area contributed by atoms with E-state index in [0.717, 1.165) is 38.5 Å². The Balaban J connectivity index is 1.52. The van der Waals surface area contributed by atoms with E-state index in [1.165, 1.54) is 0 Å². The van der Waals surface area contributed by atoms with Gasteiger partial charge in [0.15, 0.2) is 41.2 Å². The Kier molecular flexibility index (Phi) is 8.23. The van der Waals surface area contributed by atoms with Crippen LogP contribution in [0.2, 0.25) is 0 Å². The molecule has 4 heterocycles. The molecular formula is C25H37N9O5. The number of anilines is 2. The van der Waals surface area contributed by atoms with Crippen molar-refractivity contribution in [3.63, 3.8) is 0 Å². The summed E-state index contributed by atoms with van der Waals surface area (Å²) in [7, 11) is 0. The second-order valence-corrected chi connectivity index (χ2v) is 10.2. The monoisotopic (exact) mass is 543 g/mol. The van der Waals surface area contributed by atoms with Crippen molar-refractivity contribution in [2.24, 2.45) is 5.73 Å². The van der Waals surface area contributed by atoms with Gasteiger partial charge in [-0.25, -0.2) is 4.98 Å². The van der Waals surface area contributed by atoms with Gasteiger partial charge in [0.1, 0.15) is 6.10 Å². The van der Waals surface area contributed by atoms with Crippen LogP contribution in [0.15, 0.2) is 10.9 Å². The van der Waals surface area contributed by atoms with E-state index in [1.807, 2.05) is 6.92 Å². The number of imidazole rings is 1. The van der Waals surface area contributed by atoms with Crippen LogP contribution < -0.4 is 16.4 Å². The minimum atomic E-state index is -1.25. The van der Waals surface area contributed by atoms with Gasteiger partial charge in [0.25, 0.3) is 12.4 Å². The molecule has 14 nitrogen and oxygen atoms in total. The summed E-state index contributed by atoms with van der Waals surface area (Å²) in [4.78, 5) is 29.9. The molecular weight excluding hydrogens is 506 g/mol. The van der Waals surface area contributed by atoms with Gasteiger partial charge >= 0.3 is 0 Å². The molecule has 5 N–H and O–H groups in total. The minimum Gasteiger partial charge on any atom is -0.457 e. The molecule has 1 aliphatic heterocycles. The lowest BCUT2D eigenvalue weighted by Crippen LogP contribution is -2.33. The number of aliphatic hydroxyl groups is 1. The Morgan fingerprint density at radius 2 is 1.97 bits per heavy atom. The number of nitrogens with two attached hydrogens (primary N) is 1. The number of fused-ring (bicyclic) bond motifs is 1. The third-order valence-electron chi connectivity index (χ3n) is 7.60. The number of hydrogen-bond donors (Lipinski definition) is 4. The second kappa shape index (κ2) is 11.8. The molecule has 3 aromatic heterocycles. The third-order valence-corrected chi connectivity index (χ3v) is 7.60. The quantitative estimate of drug-likeness (QED) is 0.258. The Morgan fingerprint density at radius 1 is 1.21 bits per heavy atom. The summed E-state index contributed by atoms with van der Waals surface area (Å²) in [6, 6.07) is 0.616. The molecule has 0 bridgehead atoms. The van der Waals surface area contributed by atoms with E-state index in [0.29, 0.717) is 35.2 Å². The number of aryl methyl sites for hydroxylation is 1. The summed E-state index contributed by atoms with van der Waals surface area (Å²) in [5, 5.41) is 21.9. The first-order valence-corrected chi connectivity index (χ1v) is 13.7. The van der Waals surface area contributed by atoms with Crippen LogP contribution in [0, 0.1) is 0 Å². The van der Waals surface area contributed by atoms with E-state index >= 15 is 0 Å². The van der Waals surface area contributed by atoms with Gasteiger partial charge in [-0.05, 0) is 38.5 Å². The lowest BCUT2D eigenvalue weighted by molar-refractivity contribution is -0.142.